The number of carboxylic acids is 1. The van der Waals surface area contributed by atoms with Gasteiger partial charge in [-0.25, -0.2) is 0 Å². The molecule has 267 valence electrons. The molecule has 0 heterocycles. The molecule has 0 aliphatic heterocycles. The third-order valence-corrected chi connectivity index (χ3v) is 9.15. The van der Waals surface area contributed by atoms with Gasteiger partial charge in [0.1, 0.15) is 0 Å². The molecule has 0 unspecified atom stereocenters. The maximum Gasteiger partial charge on any atom is 0.0941 e. The van der Waals surface area contributed by atoms with Gasteiger partial charge < -0.3 is 31.1 Å². The molecule has 1 radical (unpaired) electrons. The Hall–Kier alpha value is -5.70. The average Bonchev–Trinajstić information content (AvgIpc) is 3.12. The summed E-state index contributed by atoms with van der Waals surface area (Å²) in [4.78, 5) is 16.3. The predicted molar refractivity (Wildman–Crippen MR) is 205 cm³/mol. The van der Waals surface area contributed by atoms with E-state index in [4.69, 9.17) is 0 Å². The molecule has 0 saturated heterocycles. The molecule has 0 spiro atoms. The first-order valence-electron chi connectivity index (χ1n) is 16.6. The molecule has 7 aromatic rings. The van der Waals surface area contributed by atoms with Gasteiger partial charge in [0.2, 0.25) is 0 Å². The summed E-state index contributed by atoms with van der Waals surface area (Å²) in [6, 6.07) is 43.8. The van der Waals surface area contributed by atoms with E-state index in [2.05, 4.69) is 11.1 Å². The normalized spacial score (nSPS) is 11.8. The number of benzene rings is 7. The number of nitrogens with zero attached hydrogens (tertiary/aromatic N) is 1. The monoisotopic (exact) mass is 739 g/mol. The number of carboxylic acid groups (broad SMARTS) is 1. The number of carbonyl (C=O) groups is 1. The van der Waals surface area contributed by atoms with Gasteiger partial charge in [0, 0.05) is 24.8 Å². The van der Waals surface area contributed by atoms with Crippen molar-refractivity contribution in [3.8, 4) is 56.0 Å². The minimum Gasteiger partial charge on any atom is -0.872 e. The van der Waals surface area contributed by atoms with Crippen molar-refractivity contribution in [3.05, 3.63) is 145 Å². The minimum absolute atomic E-state index is 0. The zero-order valence-corrected chi connectivity index (χ0v) is 30.9. The second-order valence-corrected chi connectivity index (χ2v) is 13.6. The second-order valence-electron chi connectivity index (χ2n) is 13.6. The molecule has 0 fully saturated rings. The van der Waals surface area contributed by atoms with Gasteiger partial charge in [0.15, 0.2) is 0 Å². The molecule has 0 bridgehead atoms. The van der Waals surface area contributed by atoms with Gasteiger partial charge in [-0.2, -0.15) is 0 Å². The number of aliphatic carboxylic acids is 1. The van der Waals surface area contributed by atoms with Crippen LogP contribution in [0.4, 0.5) is 0 Å². The molecule has 1 atom stereocenters. The van der Waals surface area contributed by atoms with Crippen LogP contribution in [0.15, 0.2) is 145 Å². The van der Waals surface area contributed by atoms with Crippen LogP contribution in [0.1, 0.15) is 26.3 Å². The summed E-state index contributed by atoms with van der Waals surface area (Å²) in [7, 11) is 0. The molecule has 7 nitrogen and oxygen atoms in total. The van der Waals surface area contributed by atoms with E-state index in [-0.39, 0.29) is 46.4 Å². The van der Waals surface area contributed by atoms with Crippen LogP contribution in [0, 0.1) is 5.41 Å². The molecule has 8 heteroatoms. The van der Waals surface area contributed by atoms with Crippen molar-refractivity contribution in [1.29, 1.82) is 0 Å². The molecule has 0 saturated carbocycles. The van der Waals surface area contributed by atoms with Crippen molar-refractivity contribution in [1.82, 2.24) is 0 Å². The standard InChI is InChI=1S/C45H37NO4.2H2O.V/c1-45(2,3)43(44(49)50)46-27-35-22-30-18-10-12-20-36(30)39(41(35)47)40-37-21-13-11-19-31(37)26-38(42(40)48)34-24-32(28-14-6-4-7-15-28)23-33(25-34)29-16-8-5-9-17-29;;;/h4-27,43,47-48H,1-3H3,(H,49,50);2*1H2;/p-3/t43-;;;/m1.../s1. The Bertz CT molecular complexity index is 2360. The van der Waals surface area contributed by atoms with Crippen molar-refractivity contribution in [3.63, 3.8) is 0 Å². The quantitative estimate of drug-likeness (QED) is 0.166. The van der Waals surface area contributed by atoms with Gasteiger partial charge in [-0.15, -0.1) is 0 Å². The van der Waals surface area contributed by atoms with Crippen molar-refractivity contribution in [2.45, 2.75) is 26.8 Å². The van der Waals surface area contributed by atoms with E-state index in [1.807, 2.05) is 127 Å². The zero-order valence-electron chi connectivity index (χ0n) is 29.5. The van der Waals surface area contributed by atoms with Gasteiger partial charge in [-0.3, -0.25) is 4.99 Å². The molecule has 7 aromatic carbocycles. The van der Waals surface area contributed by atoms with Crippen LogP contribution in [-0.2, 0) is 23.4 Å². The van der Waals surface area contributed by atoms with Gasteiger partial charge >= 0.3 is 0 Å². The van der Waals surface area contributed by atoms with Crippen LogP contribution in [-0.4, -0.2) is 29.2 Å². The van der Waals surface area contributed by atoms with Crippen LogP contribution >= 0.6 is 0 Å². The van der Waals surface area contributed by atoms with E-state index in [0.717, 1.165) is 38.6 Å². The molecule has 0 amide bonds. The van der Waals surface area contributed by atoms with Crippen LogP contribution in [0.2, 0.25) is 0 Å². The second kappa shape index (κ2) is 16.3. The summed E-state index contributed by atoms with van der Waals surface area (Å²) < 4.78 is 0. The smallest absolute Gasteiger partial charge is 0.0941 e. The molecule has 4 N–H and O–H groups in total. The molecular formula is C45H38NO6V-3. The van der Waals surface area contributed by atoms with Gasteiger partial charge in [0.05, 0.1) is 12.0 Å². The van der Waals surface area contributed by atoms with Crippen molar-refractivity contribution in [2.75, 3.05) is 0 Å². The molecule has 0 aliphatic carbocycles. The maximum atomic E-state index is 15.0. The summed E-state index contributed by atoms with van der Waals surface area (Å²) in [5.74, 6) is -2.00. The summed E-state index contributed by atoms with van der Waals surface area (Å²) in [5.41, 5.74) is 5.19. The van der Waals surface area contributed by atoms with Gasteiger partial charge in [0.25, 0.3) is 0 Å². The molecule has 0 aromatic heterocycles. The summed E-state index contributed by atoms with van der Waals surface area (Å²) in [6.45, 7) is 5.27. The summed E-state index contributed by atoms with van der Waals surface area (Å²) in [5, 5.41) is 44.4. The number of hydrogen-bond donors (Lipinski definition) is 0. The van der Waals surface area contributed by atoms with Crippen LogP contribution in [0.3, 0.4) is 0 Å². The number of fused-ring (bicyclic) bond motifs is 2. The van der Waals surface area contributed by atoms with E-state index < -0.39 is 23.2 Å². The minimum atomic E-state index is -1.32. The Labute approximate surface area is 320 Å². The molecule has 7 rings (SSSR count). The fourth-order valence-electron chi connectivity index (χ4n) is 6.66. The number of rotatable bonds is 7. The number of carbonyl (C=O) groups excluding carboxylic acids is 1. The van der Waals surface area contributed by atoms with Crippen LogP contribution < -0.4 is 15.3 Å². The Morgan fingerprint density at radius 1 is 0.585 bits per heavy atom. The van der Waals surface area contributed by atoms with E-state index in [0.29, 0.717) is 21.9 Å². The zero-order chi connectivity index (χ0) is 35.0. The summed E-state index contributed by atoms with van der Waals surface area (Å²) >= 11 is 0. The topological polar surface area (TPSA) is 162 Å². The van der Waals surface area contributed by atoms with E-state index in [1.165, 1.54) is 6.21 Å². The Balaban J connectivity index is 0.00000209. The fraction of sp³-hybridized carbons (Fsp3) is 0.111. The van der Waals surface area contributed by atoms with E-state index in [9.17, 15) is 15.0 Å². The van der Waals surface area contributed by atoms with Crippen molar-refractivity contribution in [2.24, 2.45) is 10.4 Å². The van der Waals surface area contributed by atoms with Crippen LogP contribution in [0.25, 0.3) is 66.1 Å². The Kier molecular flexibility index (Phi) is 12.3. The van der Waals surface area contributed by atoms with E-state index >= 15 is 5.11 Å². The predicted octanol–water partition coefficient (Wildman–Crippen LogP) is 6.74. The van der Waals surface area contributed by atoms with Crippen LogP contribution in [0.5, 0.6) is 11.5 Å². The first-order chi connectivity index (χ1) is 24.1. The van der Waals surface area contributed by atoms with Crippen molar-refractivity contribution < 1.29 is 49.6 Å². The third-order valence-electron chi connectivity index (χ3n) is 9.15. The molecule has 53 heavy (non-hydrogen) atoms. The Morgan fingerprint density at radius 3 is 1.51 bits per heavy atom. The SMILES string of the molecule is CC(C)(C)[C@H](N=Cc1cc2ccccc2c(-c2c([O-])c(-c3cc(-c4ccccc4)cc(-c4ccccc4)c3)cc3ccccc23)c1[O-])C(=O)[O-].O.O.[V]. The molecular weight excluding hydrogens is 701 g/mol. The Morgan fingerprint density at radius 2 is 1.02 bits per heavy atom. The summed E-state index contributed by atoms with van der Waals surface area (Å²) in [6.07, 6.45) is 1.32. The number of hydrogen-bond acceptors (Lipinski definition) is 5. The number of aliphatic imine (C=N–C) groups is 1. The maximum absolute atomic E-state index is 15.0. The molecule has 0 aliphatic rings. The van der Waals surface area contributed by atoms with Gasteiger partial charge in [-0.05, 0) is 107 Å². The van der Waals surface area contributed by atoms with Crippen molar-refractivity contribution >= 4 is 33.7 Å². The first kappa shape index (κ1) is 40.1. The average molecular weight is 740 g/mol. The third kappa shape index (κ3) is 7.89. The largest absolute Gasteiger partial charge is 0.872 e. The first-order valence-corrected chi connectivity index (χ1v) is 16.6. The van der Waals surface area contributed by atoms with E-state index in [1.54, 1.807) is 26.8 Å². The van der Waals surface area contributed by atoms with Gasteiger partial charge in [-0.1, -0.05) is 141 Å². The fourth-order valence-corrected chi connectivity index (χ4v) is 6.66.